The van der Waals surface area contributed by atoms with Crippen LogP contribution in [0, 0.1) is 5.41 Å². The Labute approximate surface area is 151 Å². The zero-order chi connectivity index (χ0) is 19.2. The fourth-order valence-corrected chi connectivity index (χ4v) is 3.15. The number of allylic oxidation sites excluding steroid dienone is 1. The molecule has 2 aliphatic heterocycles. The molecule has 2 heterocycles. The summed E-state index contributed by atoms with van der Waals surface area (Å²) < 4.78 is 4.68. The van der Waals surface area contributed by atoms with Crippen molar-refractivity contribution in [3.8, 4) is 0 Å². The topological polar surface area (TPSA) is 82.7 Å². The lowest BCUT2D eigenvalue weighted by Crippen LogP contribution is -2.59. The fraction of sp³-hybridized carbons (Fsp3) is 0.778. The molecule has 1 saturated heterocycles. The fourth-order valence-electron chi connectivity index (χ4n) is 3.15. The molecule has 2 aliphatic rings. The summed E-state index contributed by atoms with van der Waals surface area (Å²) in [6.45, 7) is 12.5. The van der Waals surface area contributed by atoms with Gasteiger partial charge in [0, 0.05) is 18.4 Å². The van der Waals surface area contributed by atoms with Crippen LogP contribution >= 0.6 is 0 Å². The van der Waals surface area contributed by atoms with Crippen molar-refractivity contribution in [1.29, 1.82) is 0 Å². The predicted molar refractivity (Wildman–Crippen MR) is 98.7 cm³/mol. The molecule has 0 bridgehead atoms. The molecule has 0 aromatic heterocycles. The van der Waals surface area contributed by atoms with Gasteiger partial charge in [-0.2, -0.15) is 0 Å². The Morgan fingerprint density at radius 1 is 1.36 bits per heavy atom. The second kappa shape index (κ2) is 8.97. The van der Waals surface area contributed by atoms with Crippen molar-refractivity contribution < 1.29 is 14.3 Å². The number of carbonyl (C=O) groups excluding carboxylic acids is 2. The molecule has 25 heavy (non-hydrogen) atoms. The number of amides is 2. The van der Waals surface area contributed by atoms with Gasteiger partial charge in [-0.1, -0.05) is 34.6 Å². The minimum atomic E-state index is -0.619. The van der Waals surface area contributed by atoms with Crippen LogP contribution in [0.5, 0.6) is 0 Å². The largest absolute Gasteiger partial charge is 0.453 e. The molecule has 3 unspecified atom stereocenters. The van der Waals surface area contributed by atoms with E-state index in [0.29, 0.717) is 6.54 Å². The number of rotatable bonds is 3. The van der Waals surface area contributed by atoms with E-state index in [2.05, 4.69) is 20.7 Å². The first-order chi connectivity index (χ1) is 11.7. The van der Waals surface area contributed by atoms with Crippen LogP contribution < -0.4 is 16.0 Å². The van der Waals surface area contributed by atoms with E-state index in [0.717, 1.165) is 18.5 Å². The van der Waals surface area contributed by atoms with Crippen LogP contribution in [0.3, 0.4) is 0 Å². The van der Waals surface area contributed by atoms with Gasteiger partial charge in [-0.15, -0.1) is 0 Å². The number of carbonyl (C=O) groups is 2. The minimum absolute atomic E-state index is 0.0280. The smallest absolute Gasteiger partial charge is 0.407 e. The maximum absolute atomic E-state index is 13.1. The third-order valence-corrected chi connectivity index (χ3v) is 4.39. The highest BCUT2D eigenvalue weighted by Gasteiger charge is 2.42. The van der Waals surface area contributed by atoms with Gasteiger partial charge >= 0.3 is 6.09 Å². The van der Waals surface area contributed by atoms with Gasteiger partial charge in [0.15, 0.2) is 0 Å². The quantitative estimate of drug-likeness (QED) is 0.723. The normalized spacial score (nSPS) is 23.5. The van der Waals surface area contributed by atoms with Crippen molar-refractivity contribution in [3.05, 3.63) is 11.9 Å². The highest BCUT2D eigenvalue weighted by atomic mass is 16.5. The van der Waals surface area contributed by atoms with E-state index in [1.54, 1.807) is 0 Å². The first-order valence-electron chi connectivity index (χ1n) is 9.08. The van der Waals surface area contributed by atoms with E-state index in [-0.39, 0.29) is 18.1 Å². The SMILES string of the molecule is CC.COC(=O)NC(C(=O)N1CCCC1C1NC=C(C)N1)C(C)(C)C. The molecule has 7 nitrogen and oxygen atoms in total. The molecule has 144 valence electrons. The van der Waals surface area contributed by atoms with Gasteiger partial charge in [0.1, 0.15) is 12.2 Å². The van der Waals surface area contributed by atoms with Gasteiger partial charge in [-0.25, -0.2) is 4.79 Å². The zero-order valence-electron chi connectivity index (χ0n) is 16.6. The number of hydrogen-bond acceptors (Lipinski definition) is 5. The maximum atomic E-state index is 13.1. The molecule has 0 aromatic carbocycles. The van der Waals surface area contributed by atoms with Gasteiger partial charge in [-0.3, -0.25) is 4.79 Å². The van der Waals surface area contributed by atoms with Crippen LogP contribution in [-0.2, 0) is 9.53 Å². The lowest BCUT2D eigenvalue weighted by molar-refractivity contribution is -0.137. The number of methoxy groups -OCH3 is 1. The summed E-state index contributed by atoms with van der Waals surface area (Å²) in [6, 6.07) is -0.550. The molecule has 3 atom stereocenters. The average molecular weight is 354 g/mol. The number of likely N-dealkylation sites (tertiary alicyclic amines) is 1. The first-order valence-corrected chi connectivity index (χ1v) is 9.08. The van der Waals surface area contributed by atoms with Gasteiger partial charge < -0.3 is 25.6 Å². The number of nitrogens with zero attached hydrogens (tertiary/aromatic N) is 1. The van der Waals surface area contributed by atoms with E-state index in [1.807, 2.05) is 52.6 Å². The summed E-state index contributed by atoms with van der Waals surface area (Å²) >= 11 is 0. The first kappa shape index (κ1) is 21.1. The van der Waals surface area contributed by atoms with E-state index in [4.69, 9.17) is 0 Å². The van der Waals surface area contributed by atoms with Crippen molar-refractivity contribution in [2.24, 2.45) is 5.41 Å². The molecule has 2 rings (SSSR count). The second-order valence-electron chi connectivity index (χ2n) is 7.29. The van der Waals surface area contributed by atoms with Crippen molar-refractivity contribution in [2.45, 2.75) is 72.6 Å². The summed E-state index contributed by atoms with van der Waals surface area (Å²) in [7, 11) is 1.30. The van der Waals surface area contributed by atoms with Gasteiger partial charge in [-0.05, 0) is 25.2 Å². The Morgan fingerprint density at radius 3 is 2.48 bits per heavy atom. The van der Waals surface area contributed by atoms with Crippen molar-refractivity contribution in [2.75, 3.05) is 13.7 Å². The Hall–Kier alpha value is -1.92. The standard InChI is InChI=1S/C16H28N4O3.C2H6/c1-10-9-17-13(18-10)11-7-6-8-20(11)14(21)12(16(2,3)4)19-15(22)23-5;1-2/h9,11-13,17-18H,6-8H2,1-5H3,(H,19,22);1-2H3. The van der Waals surface area contributed by atoms with Gasteiger partial charge in [0.2, 0.25) is 5.91 Å². The molecule has 3 N–H and O–H groups in total. The van der Waals surface area contributed by atoms with Crippen LogP contribution in [0.4, 0.5) is 4.79 Å². The third kappa shape index (κ3) is 5.28. The van der Waals surface area contributed by atoms with Gasteiger partial charge in [0.25, 0.3) is 0 Å². The summed E-state index contributed by atoms with van der Waals surface area (Å²) in [5, 5.41) is 9.34. The molecule has 7 heteroatoms. The number of nitrogens with one attached hydrogen (secondary N) is 3. The van der Waals surface area contributed by atoms with Crippen LogP contribution in [-0.4, -0.2) is 48.8 Å². The number of ether oxygens (including phenoxy) is 1. The maximum Gasteiger partial charge on any atom is 0.407 e. The molecular formula is C18H34N4O3. The van der Waals surface area contributed by atoms with E-state index in [1.165, 1.54) is 7.11 Å². The lowest BCUT2D eigenvalue weighted by Gasteiger charge is -2.37. The average Bonchev–Trinajstić information content (AvgIpc) is 3.21. The van der Waals surface area contributed by atoms with Crippen molar-refractivity contribution in [3.63, 3.8) is 0 Å². The summed E-state index contributed by atoms with van der Waals surface area (Å²) in [4.78, 5) is 26.6. The van der Waals surface area contributed by atoms with Crippen LogP contribution in [0.25, 0.3) is 0 Å². The molecule has 0 radical (unpaired) electrons. The molecule has 0 saturated carbocycles. The predicted octanol–water partition coefficient (Wildman–Crippen LogP) is 2.15. The minimum Gasteiger partial charge on any atom is -0.453 e. The number of hydrogen-bond donors (Lipinski definition) is 3. The summed E-state index contributed by atoms with van der Waals surface area (Å²) in [5.41, 5.74) is 0.665. The summed E-state index contributed by atoms with van der Waals surface area (Å²) in [6.07, 6.45) is 3.28. The van der Waals surface area contributed by atoms with E-state index >= 15 is 0 Å². The van der Waals surface area contributed by atoms with Crippen molar-refractivity contribution in [1.82, 2.24) is 20.9 Å². The summed E-state index contributed by atoms with van der Waals surface area (Å²) in [5.74, 6) is -0.0569. The molecule has 0 spiro atoms. The zero-order valence-corrected chi connectivity index (χ0v) is 16.6. The van der Waals surface area contributed by atoms with Crippen LogP contribution in [0.15, 0.2) is 11.9 Å². The Kier molecular flexibility index (Phi) is 7.58. The van der Waals surface area contributed by atoms with Gasteiger partial charge in [0.05, 0.1) is 13.2 Å². The Morgan fingerprint density at radius 2 is 2.00 bits per heavy atom. The monoisotopic (exact) mass is 354 g/mol. The van der Waals surface area contributed by atoms with Crippen molar-refractivity contribution >= 4 is 12.0 Å². The third-order valence-electron chi connectivity index (χ3n) is 4.39. The highest BCUT2D eigenvalue weighted by molar-refractivity contribution is 5.87. The molecule has 0 aromatic rings. The second-order valence-corrected chi connectivity index (χ2v) is 7.29. The molecule has 2 amide bonds. The lowest BCUT2D eigenvalue weighted by atomic mass is 9.85. The number of alkyl carbamates (subject to hydrolysis) is 1. The Bertz CT molecular complexity index is 499. The van der Waals surface area contributed by atoms with Crippen LogP contribution in [0.1, 0.15) is 54.4 Å². The molecular weight excluding hydrogens is 320 g/mol. The highest BCUT2D eigenvalue weighted by Crippen LogP contribution is 2.27. The Balaban J connectivity index is 0.00000151. The van der Waals surface area contributed by atoms with E-state index < -0.39 is 17.6 Å². The van der Waals surface area contributed by atoms with Crippen LogP contribution in [0.2, 0.25) is 0 Å². The molecule has 0 aliphatic carbocycles. The van der Waals surface area contributed by atoms with E-state index in [9.17, 15) is 9.59 Å². The molecule has 1 fully saturated rings.